The average Bonchev–Trinajstić information content (AvgIpc) is 3.31. The number of rotatable bonds is 5. The lowest BCUT2D eigenvalue weighted by Gasteiger charge is -2.25. The molecule has 1 atom stereocenters. The Morgan fingerprint density at radius 3 is 2.89 bits per heavy atom. The Kier molecular flexibility index (Phi) is 5.49. The van der Waals surface area contributed by atoms with E-state index < -0.39 is 0 Å². The van der Waals surface area contributed by atoms with Crippen molar-refractivity contribution >= 4 is 32.9 Å². The molecule has 3 aromatic rings. The van der Waals surface area contributed by atoms with E-state index in [1.54, 1.807) is 6.07 Å². The molecule has 0 saturated carbocycles. The first-order valence-electron chi connectivity index (χ1n) is 9.77. The molecule has 1 aromatic heterocycles. The number of imidazole rings is 1. The minimum absolute atomic E-state index is 0.00499. The average molecular weight is 444 g/mol. The van der Waals surface area contributed by atoms with Gasteiger partial charge in [-0.15, -0.1) is 0 Å². The smallest absolute Gasteiger partial charge is 0.223 e. The van der Waals surface area contributed by atoms with E-state index in [9.17, 15) is 9.18 Å². The van der Waals surface area contributed by atoms with Crippen LogP contribution >= 0.6 is 15.9 Å². The number of fused-ring (bicyclic) bond motifs is 1. The van der Waals surface area contributed by atoms with Gasteiger partial charge in [0.1, 0.15) is 11.6 Å². The van der Waals surface area contributed by atoms with Crippen molar-refractivity contribution in [1.29, 1.82) is 0 Å². The second-order valence-electron chi connectivity index (χ2n) is 7.18. The fourth-order valence-electron chi connectivity index (χ4n) is 4.12. The maximum Gasteiger partial charge on any atom is 0.223 e. The van der Waals surface area contributed by atoms with Gasteiger partial charge in [-0.3, -0.25) is 4.79 Å². The van der Waals surface area contributed by atoms with E-state index in [2.05, 4.69) is 33.5 Å². The molecular formula is C22H23BrFN3O. The van der Waals surface area contributed by atoms with Crippen molar-refractivity contribution in [2.24, 2.45) is 0 Å². The van der Waals surface area contributed by atoms with Gasteiger partial charge in [0.25, 0.3) is 0 Å². The second-order valence-corrected chi connectivity index (χ2v) is 8.10. The van der Waals surface area contributed by atoms with Gasteiger partial charge in [0.15, 0.2) is 0 Å². The van der Waals surface area contributed by atoms with Crippen LogP contribution in [0.25, 0.3) is 11.0 Å². The van der Waals surface area contributed by atoms with Crippen LogP contribution < -0.4 is 0 Å². The number of halogens is 2. The van der Waals surface area contributed by atoms with Gasteiger partial charge >= 0.3 is 0 Å². The highest BCUT2D eigenvalue weighted by atomic mass is 79.9. The maximum absolute atomic E-state index is 14.1. The van der Waals surface area contributed by atoms with Crippen LogP contribution in [0.15, 0.2) is 46.9 Å². The molecule has 2 aromatic carbocycles. The summed E-state index contributed by atoms with van der Waals surface area (Å²) in [4.78, 5) is 19.7. The summed E-state index contributed by atoms with van der Waals surface area (Å²) in [7, 11) is 0. The highest BCUT2D eigenvalue weighted by Gasteiger charge is 2.33. The number of para-hydroxylation sites is 2. The molecule has 1 amide bonds. The molecule has 1 saturated heterocycles. The fraction of sp³-hybridized carbons (Fsp3) is 0.364. The highest BCUT2D eigenvalue weighted by Crippen LogP contribution is 2.34. The van der Waals surface area contributed by atoms with E-state index in [4.69, 9.17) is 4.98 Å². The molecule has 1 aliphatic heterocycles. The third-order valence-corrected chi connectivity index (χ3v) is 5.99. The van der Waals surface area contributed by atoms with Crippen molar-refractivity contribution in [3.63, 3.8) is 0 Å². The van der Waals surface area contributed by atoms with Gasteiger partial charge in [0.05, 0.1) is 17.1 Å². The minimum Gasteiger partial charge on any atom is -0.332 e. The number of carbonyl (C=O) groups is 1. The molecule has 2 heterocycles. The van der Waals surface area contributed by atoms with Crippen LogP contribution in [0, 0.1) is 5.82 Å². The molecule has 0 aliphatic carbocycles. The minimum atomic E-state index is -0.270. The molecule has 146 valence electrons. The normalized spacial score (nSPS) is 16.8. The van der Waals surface area contributed by atoms with Crippen molar-refractivity contribution in [2.75, 3.05) is 6.54 Å². The molecule has 6 heteroatoms. The molecule has 4 nitrogen and oxygen atoms in total. The lowest BCUT2D eigenvalue weighted by Crippen LogP contribution is -2.32. The predicted octanol–water partition coefficient (Wildman–Crippen LogP) is 5.25. The molecule has 1 fully saturated rings. The number of likely N-dealkylation sites (tertiary alicyclic amines) is 1. The number of benzene rings is 2. The number of aromatic nitrogens is 2. The van der Waals surface area contributed by atoms with Crippen LogP contribution in [-0.2, 0) is 17.8 Å². The zero-order valence-electron chi connectivity index (χ0n) is 15.9. The molecule has 0 bridgehead atoms. The summed E-state index contributed by atoms with van der Waals surface area (Å²) in [5, 5.41) is 0. The third kappa shape index (κ3) is 3.58. The summed E-state index contributed by atoms with van der Waals surface area (Å²) in [5.74, 6) is 0.761. The molecule has 0 N–H and O–H groups in total. The number of hydrogen-bond donors (Lipinski definition) is 0. The highest BCUT2D eigenvalue weighted by molar-refractivity contribution is 9.10. The Bertz CT molecular complexity index is 1020. The first-order valence-corrected chi connectivity index (χ1v) is 10.6. The SMILES string of the molecule is CCn1c(C2CCCN2C(=O)CCc2ccc(Br)cc2F)nc2ccccc21. The van der Waals surface area contributed by atoms with Gasteiger partial charge in [-0.2, -0.15) is 0 Å². The Labute approximate surface area is 172 Å². The first-order chi connectivity index (χ1) is 13.6. The Hall–Kier alpha value is -2.21. The standard InChI is InChI=1S/C22H23BrFN3O/c1-2-26-19-7-4-3-6-18(19)25-22(26)20-8-5-13-27(20)21(28)12-10-15-9-11-16(23)14-17(15)24/h3-4,6-7,9,11,14,20H,2,5,8,10,12-13H2,1H3. The summed E-state index contributed by atoms with van der Waals surface area (Å²) in [5.41, 5.74) is 2.65. The van der Waals surface area contributed by atoms with Crippen LogP contribution in [0.3, 0.4) is 0 Å². The van der Waals surface area contributed by atoms with Crippen molar-refractivity contribution in [3.8, 4) is 0 Å². The van der Waals surface area contributed by atoms with Gasteiger partial charge in [0, 0.05) is 24.0 Å². The van der Waals surface area contributed by atoms with E-state index >= 15 is 0 Å². The summed E-state index contributed by atoms with van der Waals surface area (Å²) in [6.07, 6.45) is 2.60. The lowest BCUT2D eigenvalue weighted by molar-refractivity contribution is -0.132. The van der Waals surface area contributed by atoms with Gasteiger partial charge in [0.2, 0.25) is 5.91 Å². The molecule has 28 heavy (non-hydrogen) atoms. The zero-order valence-corrected chi connectivity index (χ0v) is 17.5. The number of aryl methyl sites for hydroxylation is 2. The Balaban J connectivity index is 1.54. The van der Waals surface area contributed by atoms with Gasteiger partial charge in [-0.25, -0.2) is 9.37 Å². The van der Waals surface area contributed by atoms with Crippen molar-refractivity contribution < 1.29 is 9.18 Å². The van der Waals surface area contributed by atoms with Crippen molar-refractivity contribution in [3.05, 3.63) is 64.1 Å². The molecular weight excluding hydrogens is 421 g/mol. The summed E-state index contributed by atoms with van der Waals surface area (Å²) >= 11 is 3.27. The quantitative estimate of drug-likeness (QED) is 0.539. The Morgan fingerprint density at radius 1 is 1.29 bits per heavy atom. The number of carbonyl (C=O) groups excluding carboxylic acids is 1. The zero-order chi connectivity index (χ0) is 19.7. The summed E-state index contributed by atoms with van der Waals surface area (Å²) in [6, 6.07) is 13.1. The monoisotopic (exact) mass is 443 g/mol. The molecule has 0 spiro atoms. The molecule has 1 aliphatic rings. The topological polar surface area (TPSA) is 38.1 Å². The number of hydrogen-bond acceptors (Lipinski definition) is 2. The predicted molar refractivity (Wildman–Crippen MR) is 112 cm³/mol. The van der Waals surface area contributed by atoms with E-state index in [0.717, 1.165) is 42.8 Å². The van der Waals surface area contributed by atoms with Crippen LogP contribution in [0.4, 0.5) is 4.39 Å². The second kappa shape index (κ2) is 8.03. The molecule has 4 rings (SSSR count). The van der Waals surface area contributed by atoms with E-state index in [1.165, 1.54) is 6.07 Å². The summed E-state index contributed by atoms with van der Waals surface area (Å²) in [6.45, 7) is 3.66. The lowest BCUT2D eigenvalue weighted by atomic mass is 10.1. The molecule has 1 unspecified atom stereocenters. The maximum atomic E-state index is 14.1. The van der Waals surface area contributed by atoms with Crippen LogP contribution in [-0.4, -0.2) is 26.9 Å². The number of amides is 1. The van der Waals surface area contributed by atoms with Crippen molar-refractivity contribution in [2.45, 2.75) is 45.2 Å². The number of nitrogens with zero attached hydrogens (tertiary/aromatic N) is 3. The largest absolute Gasteiger partial charge is 0.332 e. The van der Waals surface area contributed by atoms with E-state index in [0.29, 0.717) is 22.9 Å². The van der Waals surface area contributed by atoms with E-state index in [-0.39, 0.29) is 17.8 Å². The van der Waals surface area contributed by atoms with E-state index in [1.807, 2.05) is 29.2 Å². The van der Waals surface area contributed by atoms with Crippen molar-refractivity contribution in [1.82, 2.24) is 14.5 Å². The first kappa shape index (κ1) is 19.1. The van der Waals surface area contributed by atoms with Crippen LogP contribution in [0.5, 0.6) is 0 Å². The van der Waals surface area contributed by atoms with Crippen LogP contribution in [0.1, 0.15) is 43.6 Å². The van der Waals surface area contributed by atoms with Gasteiger partial charge < -0.3 is 9.47 Å². The van der Waals surface area contributed by atoms with Crippen LogP contribution in [0.2, 0.25) is 0 Å². The summed E-state index contributed by atoms with van der Waals surface area (Å²) < 4.78 is 17.0. The van der Waals surface area contributed by atoms with Gasteiger partial charge in [-0.05, 0) is 56.0 Å². The third-order valence-electron chi connectivity index (χ3n) is 5.49. The molecule has 0 radical (unpaired) electrons. The van der Waals surface area contributed by atoms with Gasteiger partial charge in [-0.1, -0.05) is 34.1 Å². The Morgan fingerprint density at radius 2 is 2.11 bits per heavy atom. The fourth-order valence-corrected chi connectivity index (χ4v) is 4.46.